The Labute approximate surface area is 193 Å². The fourth-order valence-electron chi connectivity index (χ4n) is 3.95. The van der Waals surface area contributed by atoms with E-state index in [0.717, 1.165) is 27.1 Å². The van der Waals surface area contributed by atoms with Gasteiger partial charge >= 0.3 is 0 Å². The third-order valence-electron chi connectivity index (χ3n) is 5.53. The van der Waals surface area contributed by atoms with Crippen molar-refractivity contribution in [1.29, 1.82) is 0 Å². The number of ketones is 1. The number of hydrazone groups is 1. The summed E-state index contributed by atoms with van der Waals surface area (Å²) in [4.78, 5) is 13.4. The third kappa shape index (κ3) is 3.70. The number of hydrogen-bond donors (Lipinski definition) is 0. The molecule has 7 heteroatoms. The van der Waals surface area contributed by atoms with E-state index in [9.17, 15) is 4.79 Å². The van der Waals surface area contributed by atoms with E-state index in [4.69, 9.17) is 26.2 Å². The van der Waals surface area contributed by atoms with Crippen molar-refractivity contribution in [2.75, 3.05) is 7.11 Å². The van der Waals surface area contributed by atoms with Crippen LogP contribution < -0.4 is 9.47 Å². The summed E-state index contributed by atoms with van der Waals surface area (Å²) in [5.41, 5.74) is 3.42. The molecule has 0 spiro atoms. The van der Waals surface area contributed by atoms with Gasteiger partial charge in [0, 0.05) is 27.0 Å². The Morgan fingerprint density at radius 1 is 1.13 bits per heavy atom. The van der Waals surface area contributed by atoms with Crippen molar-refractivity contribution in [3.63, 3.8) is 0 Å². The van der Waals surface area contributed by atoms with Gasteiger partial charge in [0.15, 0.2) is 0 Å². The molecule has 5 rings (SSSR count). The molecule has 2 aliphatic heterocycles. The Hall–Kier alpha value is -2.83. The van der Waals surface area contributed by atoms with Crippen LogP contribution >= 0.6 is 27.5 Å². The maximum atomic E-state index is 13.4. The summed E-state index contributed by atoms with van der Waals surface area (Å²) in [6.45, 7) is 0. The number of nitrogens with zero attached hydrogens (tertiary/aromatic N) is 2. The van der Waals surface area contributed by atoms with Crippen LogP contribution in [0, 0.1) is 0 Å². The number of ether oxygens (including phenoxy) is 2. The van der Waals surface area contributed by atoms with E-state index in [2.05, 4.69) is 15.9 Å². The molecule has 0 fully saturated rings. The number of rotatable bonds is 4. The minimum atomic E-state index is -0.851. The molecule has 2 heterocycles. The Balaban J connectivity index is 1.55. The van der Waals surface area contributed by atoms with Crippen LogP contribution in [0.25, 0.3) is 0 Å². The second kappa shape index (κ2) is 8.02. The Morgan fingerprint density at radius 2 is 1.87 bits per heavy atom. The van der Waals surface area contributed by atoms with Crippen LogP contribution in [0.5, 0.6) is 11.5 Å². The van der Waals surface area contributed by atoms with Crippen molar-refractivity contribution in [3.05, 3.63) is 92.9 Å². The van der Waals surface area contributed by atoms with Crippen molar-refractivity contribution >= 4 is 39.0 Å². The molecule has 3 aromatic rings. The molecule has 3 aromatic carbocycles. The van der Waals surface area contributed by atoms with Crippen molar-refractivity contribution < 1.29 is 14.3 Å². The van der Waals surface area contributed by atoms with Gasteiger partial charge in [0.25, 0.3) is 6.23 Å². The molecule has 0 aromatic heterocycles. The van der Waals surface area contributed by atoms with Gasteiger partial charge in [-0.1, -0.05) is 27.5 Å². The summed E-state index contributed by atoms with van der Waals surface area (Å²) < 4.78 is 12.4. The van der Waals surface area contributed by atoms with E-state index >= 15 is 0 Å². The lowest BCUT2D eigenvalue weighted by Crippen LogP contribution is -2.45. The van der Waals surface area contributed by atoms with Gasteiger partial charge in [0.1, 0.15) is 11.5 Å². The zero-order valence-electron chi connectivity index (χ0n) is 16.6. The molecule has 0 N–H and O–H groups in total. The van der Waals surface area contributed by atoms with E-state index in [1.165, 1.54) is 0 Å². The molecular formula is C24H18BrClN2O3. The molecule has 0 bridgehead atoms. The summed E-state index contributed by atoms with van der Waals surface area (Å²) in [6, 6.07) is 20.4. The largest absolute Gasteiger partial charge is 0.497 e. The molecular weight excluding hydrogens is 480 g/mol. The average Bonchev–Trinajstić information content (AvgIpc) is 3.24. The fourth-order valence-corrected chi connectivity index (χ4v) is 4.45. The fraction of sp³-hybridized carbons (Fsp3) is 0.167. The lowest BCUT2D eigenvalue weighted by atomic mass is 9.95. The van der Waals surface area contributed by atoms with E-state index in [-0.39, 0.29) is 11.8 Å². The first-order valence-electron chi connectivity index (χ1n) is 9.79. The zero-order chi connectivity index (χ0) is 21.5. The Bertz CT molecular complexity index is 1180. The number of fused-ring (bicyclic) bond motifs is 3. The highest BCUT2D eigenvalue weighted by atomic mass is 79.9. The van der Waals surface area contributed by atoms with Crippen LogP contribution in [0.3, 0.4) is 0 Å². The number of methoxy groups -OCH3 is 1. The number of Topliss-reactive ketones (excluding diaryl/α,β-unsaturated/α-hetero) is 1. The summed E-state index contributed by atoms with van der Waals surface area (Å²) >= 11 is 9.54. The third-order valence-corrected chi connectivity index (χ3v) is 6.27. The maximum absolute atomic E-state index is 13.4. The zero-order valence-corrected chi connectivity index (χ0v) is 18.9. The summed E-state index contributed by atoms with van der Waals surface area (Å²) in [7, 11) is 1.64. The van der Waals surface area contributed by atoms with Gasteiger partial charge in [0.2, 0.25) is 5.78 Å². The molecule has 156 valence electrons. The van der Waals surface area contributed by atoms with Crippen molar-refractivity contribution in [2.45, 2.75) is 18.7 Å². The average molecular weight is 498 g/mol. The molecule has 0 unspecified atom stereocenters. The predicted molar refractivity (Wildman–Crippen MR) is 123 cm³/mol. The predicted octanol–water partition coefficient (Wildman–Crippen LogP) is 5.86. The first-order chi connectivity index (χ1) is 15.0. The molecule has 0 aliphatic carbocycles. The first kappa shape index (κ1) is 20.1. The molecule has 0 saturated heterocycles. The van der Waals surface area contributed by atoms with Crippen LogP contribution in [0.4, 0.5) is 0 Å². The van der Waals surface area contributed by atoms with Crippen LogP contribution in [-0.2, 0) is 0 Å². The topological polar surface area (TPSA) is 51.1 Å². The first-order valence-corrected chi connectivity index (χ1v) is 11.0. The van der Waals surface area contributed by atoms with Gasteiger partial charge in [0.05, 0.1) is 18.9 Å². The highest BCUT2D eigenvalue weighted by Gasteiger charge is 2.43. The van der Waals surface area contributed by atoms with Gasteiger partial charge < -0.3 is 9.47 Å². The van der Waals surface area contributed by atoms with Gasteiger partial charge in [-0.05, 0) is 72.3 Å². The number of carbonyl (C=O) groups excluding carboxylic acids is 1. The summed E-state index contributed by atoms with van der Waals surface area (Å²) in [5, 5.41) is 7.19. The summed E-state index contributed by atoms with van der Waals surface area (Å²) in [5.74, 6) is 1.33. The molecule has 2 aliphatic rings. The highest BCUT2D eigenvalue weighted by molar-refractivity contribution is 9.10. The smallest absolute Gasteiger partial charge is 0.251 e. The standard InChI is InChI=1S/C24H18BrClN2O3/c1-30-18-9-4-14(5-10-18)20-13-21-19-12-16(25)6-11-22(19)31-24(28(21)27-20)23(29)15-2-7-17(26)8-3-15/h2-12,21,24H,13H2,1H3/t21-,24-/m1/s1. The van der Waals surface area contributed by atoms with E-state index < -0.39 is 6.23 Å². The lowest BCUT2D eigenvalue weighted by molar-refractivity contribution is -0.00459. The van der Waals surface area contributed by atoms with Crippen molar-refractivity contribution in [3.8, 4) is 11.5 Å². The van der Waals surface area contributed by atoms with Crippen LogP contribution in [0.2, 0.25) is 5.02 Å². The van der Waals surface area contributed by atoms with Gasteiger partial charge in [-0.2, -0.15) is 5.10 Å². The molecule has 0 saturated carbocycles. The quantitative estimate of drug-likeness (QED) is 0.424. The van der Waals surface area contributed by atoms with Crippen LogP contribution in [0.15, 0.2) is 76.3 Å². The maximum Gasteiger partial charge on any atom is 0.251 e. The molecule has 2 atom stereocenters. The highest BCUT2D eigenvalue weighted by Crippen LogP contribution is 2.44. The molecule has 0 amide bonds. The van der Waals surface area contributed by atoms with E-state index in [0.29, 0.717) is 22.8 Å². The van der Waals surface area contributed by atoms with Gasteiger partial charge in [-0.15, -0.1) is 0 Å². The minimum Gasteiger partial charge on any atom is -0.497 e. The Morgan fingerprint density at radius 3 is 2.58 bits per heavy atom. The van der Waals surface area contributed by atoms with Gasteiger partial charge in [-0.25, -0.2) is 5.01 Å². The molecule has 5 nitrogen and oxygen atoms in total. The number of carbonyl (C=O) groups is 1. The van der Waals surface area contributed by atoms with Crippen molar-refractivity contribution in [1.82, 2.24) is 5.01 Å². The van der Waals surface area contributed by atoms with Crippen LogP contribution in [0.1, 0.15) is 33.9 Å². The molecule has 31 heavy (non-hydrogen) atoms. The van der Waals surface area contributed by atoms with E-state index in [1.807, 2.05) is 42.5 Å². The molecule has 0 radical (unpaired) electrons. The normalized spacial score (nSPS) is 19.2. The minimum absolute atomic E-state index is 0.0976. The lowest BCUT2D eigenvalue weighted by Gasteiger charge is -2.37. The Kier molecular flexibility index (Phi) is 5.20. The summed E-state index contributed by atoms with van der Waals surface area (Å²) in [6.07, 6.45) is -0.181. The number of benzene rings is 3. The monoisotopic (exact) mass is 496 g/mol. The van der Waals surface area contributed by atoms with Gasteiger partial charge in [-0.3, -0.25) is 4.79 Å². The number of hydrogen-bond acceptors (Lipinski definition) is 5. The van der Waals surface area contributed by atoms with E-state index in [1.54, 1.807) is 36.4 Å². The van der Waals surface area contributed by atoms with Crippen LogP contribution in [-0.4, -0.2) is 29.8 Å². The SMILES string of the molecule is COc1ccc(C2=NN3[C@@H](C(=O)c4ccc(Cl)cc4)Oc4ccc(Br)cc4[C@H]3C2)cc1. The second-order valence-electron chi connectivity index (χ2n) is 7.40. The second-order valence-corrected chi connectivity index (χ2v) is 8.75. The number of halogens is 2. The van der Waals surface area contributed by atoms with Crippen molar-refractivity contribution in [2.24, 2.45) is 5.10 Å².